The molecule has 0 radical (unpaired) electrons. The van der Waals surface area contributed by atoms with Crippen LogP contribution in [0.4, 0.5) is 13.2 Å². The Morgan fingerprint density at radius 1 is 0.960 bits per heavy atom. The smallest absolute Gasteiger partial charge is 0.234 e. The Morgan fingerprint density at radius 2 is 1.56 bits per heavy atom. The summed E-state index contributed by atoms with van der Waals surface area (Å²) in [5.74, 6) is 0. The molecule has 6 heteroatoms. The van der Waals surface area contributed by atoms with Crippen molar-refractivity contribution in [2.24, 2.45) is 4.40 Å². The zero-order chi connectivity index (χ0) is 18.8. The van der Waals surface area contributed by atoms with E-state index in [0.29, 0.717) is 11.3 Å². The molecule has 0 amide bonds. The number of halogens is 3. The summed E-state index contributed by atoms with van der Waals surface area (Å²) in [7, 11) is -1.37. The summed E-state index contributed by atoms with van der Waals surface area (Å²) in [6, 6.07) is 12.3. The van der Waals surface area contributed by atoms with Gasteiger partial charge in [-0.05, 0) is 62.6 Å². The van der Waals surface area contributed by atoms with Gasteiger partial charge in [0, 0.05) is 0 Å². The number of hydrogen-bond donors (Lipinski definition) is 0. The van der Waals surface area contributed by atoms with Crippen molar-refractivity contribution >= 4 is 16.7 Å². The third-order valence-corrected chi connectivity index (χ3v) is 5.06. The Kier molecular flexibility index (Phi) is 5.52. The third kappa shape index (κ3) is 5.01. The first-order valence-corrected chi connectivity index (χ1v) is 8.84. The molecule has 2 aromatic rings. The van der Waals surface area contributed by atoms with Crippen LogP contribution in [0.2, 0.25) is 0 Å². The Labute approximate surface area is 148 Å². The van der Waals surface area contributed by atoms with Crippen LogP contribution in [0.1, 0.15) is 38.8 Å². The van der Waals surface area contributed by atoms with Gasteiger partial charge < -0.3 is 0 Å². The molecule has 0 N–H and O–H groups in total. The predicted octanol–water partition coefficient (Wildman–Crippen LogP) is 5.64. The van der Waals surface area contributed by atoms with Crippen LogP contribution in [0.3, 0.4) is 0 Å². The quantitative estimate of drug-likeness (QED) is 0.645. The summed E-state index contributed by atoms with van der Waals surface area (Å²) < 4.78 is 53.9. The molecular formula is C19H20F3NOS. The molecule has 2 nitrogen and oxygen atoms in total. The summed E-state index contributed by atoms with van der Waals surface area (Å²) >= 11 is 0. The van der Waals surface area contributed by atoms with Crippen LogP contribution in [-0.2, 0) is 17.2 Å². The number of benzene rings is 2. The highest BCUT2D eigenvalue weighted by Gasteiger charge is 2.30. The van der Waals surface area contributed by atoms with E-state index >= 15 is 0 Å². The zero-order valence-corrected chi connectivity index (χ0v) is 15.3. The fourth-order valence-corrected chi connectivity index (χ4v) is 2.72. The molecule has 0 aliphatic rings. The van der Waals surface area contributed by atoms with Crippen molar-refractivity contribution in [1.82, 2.24) is 0 Å². The van der Waals surface area contributed by atoms with E-state index in [2.05, 4.69) is 4.40 Å². The third-order valence-electron chi connectivity index (χ3n) is 3.57. The van der Waals surface area contributed by atoms with Gasteiger partial charge in [-0.15, -0.1) is 0 Å². The molecule has 0 saturated heterocycles. The van der Waals surface area contributed by atoms with Crippen LogP contribution >= 0.6 is 0 Å². The molecule has 0 aliphatic heterocycles. The summed E-state index contributed by atoms with van der Waals surface area (Å²) in [5, 5.41) is 0. The van der Waals surface area contributed by atoms with Gasteiger partial charge in [-0.2, -0.15) is 17.6 Å². The number of alkyl halides is 3. The molecule has 2 aromatic carbocycles. The molecule has 25 heavy (non-hydrogen) atoms. The lowest BCUT2D eigenvalue weighted by Gasteiger charge is -2.14. The largest absolute Gasteiger partial charge is 0.416 e. The van der Waals surface area contributed by atoms with Crippen LogP contribution in [0.5, 0.6) is 0 Å². The maximum absolute atomic E-state index is 12.7. The minimum atomic E-state index is -4.35. The average molecular weight is 367 g/mol. The Bertz CT molecular complexity index is 803. The van der Waals surface area contributed by atoms with E-state index in [-0.39, 0.29) is 0 Å². The SMILES string of the molecule is C/C(=N\S(=O)C(C)(C)C)c1cccc(-c2ccc(C(F)(F)F)cc2)c1. The standard InChI is InChI=1S/C19H20F3NOS/c1-13(23-25(24)18(2,3)4)15-6-5-7-16(12-15)14-8-10-17(11-9-14)19(20,21)22/h5-12H,1-4H3/b23-13+. The van der Waals surface area contributed by atoms with E-state index in [1.165, 1.54) is 12.1 Å². The van der Waals surface area contributed by atoms with Gasteiger partial charge in [0.05, 0.1) is 16.0 Å². The van der Waals surface area contributed by atoms with Gasteiger partial charge in [-0.3, -0.25) is 0 Å². The molecular weight excluding hydrogens is 347 g/mol. The van der Waals surface area contributed by atoms with Gasteiger partial charge in [-0.1, -0.05) is 30.3 Å². The second-order valence-corrected chi connectivity index (χ2v) is 8.60. The fraction of sp³-hybridized carbons (Fsp3) is 0.316. The van der Waals surface area contributed by atoms with Crippen LogP contribution in [0, 0.1) is 0 Å². The van der Waals surface area contributed by atoms with Gasteiger partial charge in [-0.25, -0.2) is 4.21 Å². The van der Waals surface area contributed by atoms with E-state index < -0.39 is 27.5 Å². The highest BCUT2D eigenvalue weighted by atomic mass is 32.2. The second kappa shape index (κ2) is 7.12. The maximum Gasteiger partial charge on any atom is 0.416 e. The lowest BCUT2D eigenvalue weighted by atomic mass is 10.0. The first kappa shape index (κ1) is 19.4. The van der Waals surface area contributed by atoms with Crippen LogP contribution < -0.4 is 0 Å². The van der Waals surface area contributed by atoms with Gasteiger partial charge in [0.25, 0.3) is 0 Å². The topological polar surface area (TPSA) is 29.4 Å². The van der Waals surface area contributed by atoms with Crippen molar-refractivity contribution in [2.45, 2.75) is 38.6 Å². The average Bonchev–Trinajstić information content (AvgIpc) is 2.53. The lowest BCUT2D eigenvalue weighted by Crippen LogP contribution is -2.20. The fourth-order valence-electron chi connectivity index (χ4n) is 2.09. The summed E-state index contributed by atoms with van der Waals surface area (Å²) in [5.41, 5.74) is 2.20. The molecule has 2 rings (SSSR count). The van der Waals surface area contributed by atoms with Gasteiger partial charge in [0.2, 0.25) is 0 Å². The van der Waals surface area contributed by atoms with Crippen LogP contribution in [0.15, 0.2) is 52.9 Å². The van der Waals surface area contributed by atoms with Crippen LogP contribution in [0.25, 0.3) is 11.1 Å². The molecule has 0 aliphatic carbocycles. The number of rotatable bonds is 3. The number of nitrogens with zero attached hydrogens (tertiary/aromatic N) is 1. The highest BCUT2D eigenvalue weighted by Crippen LogP contribution is 2.31. The van der Waals surface area contributed by atoms with Crippen molar-refractivity contribution in [3.05, 3.63) is 59.7 Å². The molecule has 0 spiro atoms. The van der Waals surface area contributed by atoms with Gasteiger partial charge >= 0.3 is 6.18 Å². The van der Waals surface area contributed by atoms with E-state index in [1.807, 2.05) is 39.0 Å². The predicted molar refractivity (Wildman–Crippen MR) is 97.0 cm³/mol. The Morgan fingerprint density at radius 3 is 2.08 bits per heavy atom. The van der Waals surface area contributed by atoms with E-state index in [9.17, 15) is 17.4 Å². The molecule has 0 fully saturated rings. The molecule has 1 unspecified atom stereocenters. The molecule has 0 bridgehead atoms. The summed E-state index contributed by atoms with van der Waals surface area (Å²) in [6.07, 6.45) is -4.35. The first-order chi connectivity index (χ1) is 11.5. The van der Waals surface area contributed by atoms with Crippen LogP contribution in [-0.4, -0.2) is 14.7 Å². The minimum absolute atomic E-state index is 0.452. The summed E-state index contributed by atoms with van der Waals surface area (Å²) in [6.45, 7) is 7.31. The van der Waals surface area contributed by atoms with Crippen molar-refractivity contribution in [2.75, 3.05) is 0 Å². The van der Waals surface area contributed by atoms with E-state index in [1.54, 1.807) is 13.0 Å². The number of hydrogen-bond acceptors (Lipinski definition) is 1. The molecule has 0 saturated carbocycles. The second-order valence-electron chi connectivity index (χ2n) is 6.69. The van der Waals surface area contributed by atoms with Crippen molar-refractivity contribution in [1.29, 1.82) is 0 Å². The minimum Gasteiger partial charge on any atom is -0.234 e. The molecule has 1 atom stereocenters. The zero-order valence-electron chi connectivity index (χ0n) is 14.5. The van der Waals surface area contributed by atoms with Crippen molar-refractivity contribution in [3.63, 3.8) is 0 Å². The van der Waals surface area contributed by atoms with E-state index in [4.69, 9.17) is 0 Å². The maximum atomic E-state index is 12.7. The molecule has 0 aromatic heterocycles. The Hall–Kier alpha value is -1.95. The first-order valence-electron chi connectivity index (χ1n) is 7.74. The summed E-state index contributed by atoms with van der Waals surface area (Å²) in [4.78, 5) is 0. The highest BCUT2D eigenvalue weighted by molar-refractivity contribution is 7.85. The lowest BCUT2D eigenvalue weighted by molar-refractivity contribution is -0.137. The monoisotopic (exact) mass is 367 g/mol. The van der Waals surface area contributed by atoms with Gasteiger partial charge in [0.15, 0.2) is 0 Å². The van der Waals surface area contributed by atoms with E-state index in [0.717, 1.165) is 23.3 Å². The van der Waals surface area contributed by atoms with Crippen molar-refractivity contribution < 1.29 is 17.4 Å². The van der Waals surface area contributed by atoms with Crippen molar-refractivity contribution in [3.8, 4) is 11.1 Å². The normalized spacial score (nSPS) is 14.4. The van der Waals surface area contributed by atoms with Gasteiger partial charge in [0.1, 0.15) is 11.0 Å². The Balaban J connectivity index is 2.33. The molecule has 0 heterocycles. The molecule has 134 valence electrons.